The van der Waals surface area contributed by atoms with Gasteiger partial charge in [0.2, 0.25) is 11.8 Å². The topological polar surface area (TPSA) is 77.1 Å². The number of amides is 2. The number of carbonyl (C=O) groups excluding carboxylic acids is 2. The summed E-state index contributed by atoms with van der Waals surface area (Å²) in [4.78, 5) is 29.4. The van der Waals surface area contributed by atoms with Crippen molar-refractivity contribution in [3.05, 3.63) is 82.0 Å². The van der Waals surface area contributed by atoms with Gasteiger partial charge in [-0.2, -0.15) is 0 Å². The Kier molecular flexibility index (Phi) is 9.49. The molecule has 2 amide bonds. The molecule has 0 bridgehead atoms. The van der Waals surface area contributed by atoms with Crippen molar-refractivity contribution in [2.75, 3.05) is 34.5 Å². The van der Waals surface area contributed by atoms with Gasteiger partial charge in [0.25, 0.3) is 0 Å². The Labute approximate surface area is 204 Å². The Hall–Kier alpha value is -3.36. The first kappa shape index (κ1) is 25.3. The molecule has 0 radical (unpaired) electrons. The van der Waals surface area contributed by atoms with Crippen LogP contribution in [0.1, 0.15) is 22.0 Å². The van der Waals surface area contributed by atoms with Gasteiger partial charge in [0.05, 0.1) is 27.2 Å². The second-order valence-electron chi connectivity index (χ2n) is 7.58. The molecule has 0 aliphatic carbocycles. The molecule has 0 fully saturated rings. The van der Waals surface area contributed by atoms with Crippen LogP contribution < -0.4 is 14.8 Å². The fourth-order valence-electron chi connectivity index (χ4n) is 3.54. The van der Waals surface area contributed by atoms with Gasteiger partial charge in [-0.05, 0) is 46.8 Å². The minimum Gasteiger partial charge on any atom is -0.497 e. The van der Waals surface area contributed by atoms with Crippen LogP contribution in [0.25, 0.3) is 0 Å². The molecular weight excluding hydrogens is 452 g/mol. The number of nitrogens with zero attached hydrogens (tertiary/aromatic N) is 1. The van der Waals surface area contributed by atoms with Crippen LogP contribution in [0.2, 0.25) is 0 Å². The molecule has 1 N–H and O–H groups in total. The molecule has 8 heteroatoms. The minimum absolute atomic E-state index is 0.139. The van der Waals surface area contributed by atoms with E-state index in [2.05, 4.69) is 5.32 Å². The minimum atomic E-state index is -0.813. The van der Waals surface area contributed by atoms with Crippen LogP contribution in [-0.4, -0.2) is 51.2 Å². The highest BCUT2D eigenvalue weighted by atomic mass is 32.1. The van der Waals surface area contributed by atoms with E-state index in [1.807, 2.05) is 53.9 Å². The van der Waals surface area contributed by atoms with Gasteiger partial charge in [0, 0.05) is 25.1 Å². The number of benzene rings is 2. The van der Waals surface area contributed by atoms with Crippen LogP contribution in [0.3, 0.4) is 0 Å². The largest absolute Gasteiger partial charge is 0.497 e. The van der Waals surface area contributed by atoms with E-state index < -0.39 is 6.04 Å². The zero-order valence-corrected chi connectivity index (χ0v) is 20.5. The number of carbonyl (C=O) groups is 2. The summed E-state index contributed by atoms with van der Waals surface area (Å²) in [6, 6.07) is 17.7. The summed E-state index contributed by atoms with van der Waals surface area (Å²) in [5.74, 6) is 1.02. The molecule has 34 heavy (non-hydrogen) atoms. The smallest absolute Gasteiger partial charge is 0.247 e. The van der Waals surface area contributed by atoms with E-state index in [1.54, 1.807) is 38.4 Å². The molecule has 0 aliphatic heterocycles. The molecule has 0 saturated heterocycles. The number of thiophene rings is 1. The van der Waals surface area contributed by atoms with Gasteiger partial charge in [0.15, 0.2) is 0 Å². The van der Waals surface area contributed by atoms with E-state index in [1.165, 1.54) is 11.3 Å². The van der Waals surface area contributed by atoms with Crippen molar-refractivity contribution in [1.29, 1.82) is 0 Å². The molecule has 180 valence electrons. The number of rotatable bonds is 12. The van der Waals surface area contributed by atoms with Crippen LogP contribution in [0, 0.1) is 0 Å². The Balaban J connectivity index is 1.86. The molecule has 0 aliphatic rings. The molecule has 0 unspecified atom stereocenters. The van der Waals surface area contributed by atoms with E-state index >= 15 is 0 Å². The second kappa shape index (κ2) is 12.8. The number of nitrogens with one attached hydrogen (secondary N) is 1. The van der Waals surface area contributed by atoms with Crippen molar-refractivity contribution in [1.82, 2.24) is 10.2 Å². The molecule has 1 aromatic heterocycles. The predicted octanol–water partition coefficient (Wildman–Crippen LogP) is 3.84. The molecule has 2 aromatic carbocycles. The average molecular weight is 483 g/mol. The van der Waals surface area contributed by atoms with Crippen molar-refractivity contribution >= 4 is 23.2 Å². The van der Waals surface area contributed by atoms with Gasteiger partial charge in [-0.1, -0.05) is 30.3 Å². The fraction of sp³-hybridized carbons (Fsp3) is 0.308. The fourth-order valence-corrected chi connectivity index (χ4v) is 4.24. The van der Waals surface area contributed by atoms with Crippen molar-refractivity contribution in [2.45, 2.75) is 19.0 Å². The summed E-state index contributed by atoms with van der Waals surface area (Å²) in [6.45, 7) is 0.925. The van der Waals surface area contributed by atoms with Gasteiger partial charge >= 0.3 is 0 Å². The normalized spacial score (nSPS) is 11.5. The summed E-state index contributed by atoms with van der Waals surface area (Å²) in [7, 11) is 4.77. The molecular formula is C26H30N2O5S. The lowest BCUT2D eigenvalue weighted by atomic mass is 10.0. The van der Waals surface area contributed by atoms with E-state index in [0.717, 1.165) is 16.2 Å². The molecule has 0 spiro atoms. The zero-order chi connectivity index (χ0) is 24.3. The van der Waals surface area contributed by atoms with Crippen LogP contribution in [0.15, 0.2) is 66.0 Å². The summed E-state index contributed by atoms with van der Waals surface area (Å²) in [5.41, 5.74) is 1.62. The van der Waals surface area contributed by atoms with E-state index in [-0.39, 0.29) is 24.8 Å². The maximum atomic E-state index is 13.5. The van der Waals surface area contributed by atoms with Crippen LogP contribution in [0.5, 0.6) is 11.5 Å². The van der Waals surface area contributed by atoms with Gasteiger partial charge in [0.1, 0.15) is 17.5 Å². The first-order chi connectivity index (χ1) is 16.5. The first-order valence-corrected chi connectivity index (χ1v) is 11.8. The highest BCUT2D eigenvalue weighted by Crippen LogP contribution is 2.25. The van der Waals surface area contributed by atoms with Crippen LogP contribution >= 0.6 is 11.3 Å². The standard InChI is InChI=1S/C26H30N2O5S/c1-31-15-14-28(24(29)17-23-5-4-16-34-23)25(20-8-12-22(33-3)13-9-20)26(30)27-18-19-6-10-21(32-2)11-7-19/h4-13,16,25H,14-15,17-18H2,1-3H3,(H,27,30)/t25-/m1/s1. The number of methoxy groups -OCH3 is 3. The van der Waals surface area contributed by atoms with Crippen molar-refractivity contribution in [2.24, 2.45) is 0 Å². The third kappa shape index (κ3) is 6.82. The molecule has 1 atom stereocenters. The van der Waals surface area contributed by atoms with Crippen LogP contribution in [0.4, 0.5) is 0 Å². The summed E-state index contributed by atoms with van der Waals surface area (Å²) in [5, 5.41) is 4.93. The molecule has 1 heterocycles. The third-order valence-corrected chi connectivity index (χ3v) is 6.26. The van der Waals surface area contributed by atoms with E-state index in [0.29, 0.717) is 24.5 Å². The lowest BCUT2D eigenvalue weighted by Crippen LogP contribution is -2.45. The third-order valence-electron chi connectivity index (χ3n) is 5.38. The van der Waals surface area contributed by atoms with Gasteiger partial charge < -0.3 is 24.4 Å². The van der Waals surface area contributed by atoms with Crippen molar-refractivity contribution in [3.8, 4) is 11.5 Å². The molecule has 3 aromatic rings. The van der Waals surface area contributed by atoms with Gasteiger partial charge in [-0.25, -0.2) is 0 Å². The first-order valence-electron chi connectivity index (χ1n) is 10.9. The lowest BCUT2D eigenvalue weighted by Gasteiger charge is -2.31. The van der Waals surface area contributed by atoms with Gasteiger partial charge in [-0.3, -0.25) is 9.59 Å². The summed E-state index contributed by atoms with van der Waals surface area (Å²) >= 11 is 1.52. The maximum absolute atomic E-state index is 13.5. The van der Waals surface area contributed by atoms with Crippen molar-refractivity contribution in [3.63, 3.8) is 0 Å². The highest BCUT2D eigenvalue weighted by Gasteiger charge is 2.31. The van der Waals surface area contributed by atoms with E-state index in [9.17, 15) is 9.59 Å². The highest BCUT2D eigenvalue weighted by molar-refractivity contribution is 7.10. The SMILES string of the molecule is COCCN(C(=O)Cc1cccs1)[C@@H](C(=O)NCc1ccc(OC)cc1)c1ccc(OC)cc1. The predicted molar refractivity (Wildman–Crippen MR) is 132 cm³/mol. The quantitative estimate of drug-likeness (QED) is 0.425. The van der Waals surface area contributed by atoms with Crippen LogP contribution in [-0.2, 0) is 27.3 Å². The molecule has 7 nitrogen and oxygen atoms in total. The summed E-state index contributed by atoms with van der Waals surface area (Å²) in [6.07, 6.45) is 0.222. The number of hydrogen-bond donors (Lipinski definition) is 1. The molecule has 3 rings (SSSR count). The second-order valence-corrected chi connectivity index (χ2v) is 8.61. The monoisotopic (exact) mass is 482 g/mol. The Morgan fingerprint density at radius 2 is 1.59 bits per heavy atom. The van der Waals surface area contributed by atoms with Gasteiger partial charge in [-0.15, -0.1) is 11.3 Å². The number of hydrogen-bond acceptors (Lipinski definition) is 6. The average Bonchev–Trinajstić information content (AvgIpc) is 3.38. The van der Waals surface area contributed by atoms with E-state index in [4.69, 9.17) is 14.2 Å². The Morgan fingerprint density at radius 1 is 0.941 bits per heavy atom. The Bertz CT molecular complexity index is 1040. The maximum Gasteiger partial charge on any atom is 0.247 e. The molecule has 0 saturated carbocycles. The number of ether oxygens (including phenoxy) is 3. The summed E-state index contributed by atoms with van der Waals surface area (Å²) < 4.78 is 15.7. The zero-order valence-electron chi connectivity index (χ0n) is 19.7. The Morgan fingerprint density at radius 3 is 2.15 bits per heavy atom. The van der Waals surface area contributed by atoms with Crippen molar-refractivity contribution < 1.29 is 23.8 Å². The lowest BCUT2D eigenvalue weighted by molar-refractivity contribution is -0.141.